The van der Waals surface area contributed by atoms with Gasteiger partial charge in [-0.15, -0.1) is 0 Å². The molecular formula is C13H8BrClF2O. The Morgan fingerprint density at radius 2 is 1.72 bits per heavy atom. The average molecular weight is 334 g/mol. The van der Waals surface area contributed by atoms with Crippen LogP contribution >= 0.6 is 27.5 Å². The average Bonchev–Trinajstić information content (AvgIpc) is 2.32. The predicted molar refractivity (Wildman–Crippen MR) is 69.6 cm³/mol. The summed E-state index contributed by atoms with van der Waals surface area (Å²) in [6, 6.07) is 8.04. The van der Waals surface area contributed by atoms with Gasteiger partial charge in [-0.05, 0) is 45.8 Å². The molecule has 0 saturated carbocycles. The fourth-order valence-corrected chi connectivity index (χ4v) is 2.14. The van der Waals surface area contributed by atoms with Crippen molar-refractivity contribution in [1.82, 2.24) is 0 Å². The molecular weight excluding hydrogens is 325 g/mol. The van der Waals surface area contributed by atoms with Gasteiger partial charge in [0.2, 0.25) is 0 Å². The third-order valence-electron chi connectivity index (χ3n) is 2.53. The summed E-state index contributed by atoms with van der Waals surface area (Å²) in [7, 11) is 0. The van der Waals surface area contributed by atoms with Gasteiger partial charge < -0.3 is 5.11 Å². The first kappa shape index (κ1) is 13.5. The molecule has 18 heavy (non-hydrogen) atoms. The van der Waals surface area contributed by atoms with E-state index in [0.717, 1.165) is 12.1 Å². The van der Waals surface area contributed by atoms with Crippen LogP contribution in [0.15, 0.2) is 40.9 Å². The summed E-state index contributed by atoms with van der Waals surface area (Å²) in [5, 5.41) is 10.5. The molecule has 0 fully saturated rings. The van der Waals surface area contributed by atoms with Crippen LogP contribution in [0.1, 0.15) is 17.2 Å². The number of benzene rings is 2. The second-order valence-corrected chi connectivity index (χ2v) is 4.97. The van der Waals surface area contributed by atoms with Crippen LogP contribution in [-0.2, 0) is 0 Å². The summed E-state index contributed by atoms with van der Waals surface area (Å²) < 4.78 is 27.6. The number of aliphatic hydroxyl groups is 1. The van der Waals surface area contributed by atoms with Crippen LogP contribution in [-0.4, -0.2) is 5.11 Å². The minimum Gasteiger partial charge on any atom is -0.383 e. The van der Waals surface area contributed by atoms with Gasteiger partial charge in [-0.25, -0.2) is 8.78 Å². The van der Waals surface area contributed by atoms with Gasteiger partial charge >= 0.3 is 0 Å². The van der Waals surface area contributed by atoms with E-state index in [-0.39, 0.29) is 5.56 Å². The Bertz CT molecular complexity index is 569. The summed E-state index contributed by atoms with van der Waals surface area (Å²) in [6.07, 6.45) is -1.38. The monoisotopic (exact) mass is 332 g/mol. The lowest BCUT2D eigenvalue weighted by Gasteiger charge is -2.14. The summed E-state index contributed by atoms with van der Waals surface area (Å²) in [6.45, 7) is 0. The highest BCUT2D eigenvalue weighted by Crippen LogP contribution is 2.31. The molecule has 0 aliphatic heterocycles. The third-order valence-corrected chi connectivity index (χ3v) is 3.75. The van der Waals surface area contributed by atoms with Crippen molar-refractivity contribution in [2.75, 3.05) is 0 Å². The molecule has 5 heteroatoms. The fraction of sp³-hybridized carbons (Fsp3) is 0.0769. The lowest BCUT2D eigenvalue weighted by Crippen LogP contribution is -2.05. The van der Waals surface area contributed by atoms with E-state index >= 15 is 0 Å². The van der Waals surface area contributed by atoms with Crippen LogP contribution in [0.25, 0.3) is 0 Å². The first-order chi connectivity index (χ1) is 8.50. The number of hydrogen-bond donors (Lipinski definition) is 1. The zero-order valence-corrected chi connectivity index (χ0v) is 11.3. The first-order valence-electron chi connectivity index (χ1n) is 5.07. The maximum absolute atomic E-state index is 13.5. The van der Waals surface area contributed by atoms with Crippen molar-refractivity contribution in [3.63, 3.8) is 0 Å². The molecule has 2 aromatic carbocycles. The zero-order valence-electron chi connectivity index (χ0n) is 9.00. The van der Waals surface area contributed by atoms with E-state index in [0.29, 0.717) is 15.1 Å². The molecule has 2 aromatic rings. The largest absolute Gasteiger partial charge is 0.383 e. The third kappa shape index (κ3) is 2.55. The van der Waals surface area contributed by atoms with Gasteiger partial charge in [-0.1, -0.05) is 23.7 Å². The van der Waals surface area contributed by atoms with Gasteiger partial charge in [-0.3, -0.25) is 0 Å². The quantitative estimate of drug-likeness (QED) is 0.860. The molecule has 2 rings (SSSR count). The van der Waals surface area contributed by atoms with Gasteiger partial charge in [-0.2, -0.15) is 0 Å². The molecule has 0 aliphatic carbocycles. The molecule has 0 heterocycles. The van der Waals surface area contributed by atoms with Crippen molar-refractivity contribution in [1.29, 1.82) is 0 Å². The lowest BCUT2D eigenvalue weighted by atomic mass is 10.0. The summed E-state index contributed by atoms with van der Waals surface area (Å²) >= 11 is 9.01. The van der Waals surface area contributed by atoms with Crippen molar-refractivity contribution < 1.29 is 13.9 Å². The molecule has 0 radical (unpaired) electrons. The lowest BCUT2D eigenvalue weighted by molar-refractivity contribution is 0.209. The summed E-state index contributed by atoms with van der Waals surface area (Å²) in [5.41, 5.74) is -0.0120. The van der Waals surface area contributed by atoms with E-state index in [1.807, 2.05) is 0 Å². The Morgan fingerprint density at radius 1 is 1.11 bits per heavy atom. The zero-order chi connectivity index (χ0) is 13.3. The SMILES string of the molecule is OC(c1ccc(Cl)c(Br)c1)c1c(F)cccc1F. The van der Waals surface area contributed by atoms with Crippen LogP contribution in [0.4, 0.5) is 8.78 Å². The predicted octanol–water partition coefficient (Wildman–Crippen LogP) is 4.46. The van der Waals surface area contributed by atoms with Crippen molar-refractivity contribution in [3.05, 3.63) is 68.7 Å². The van der Waals surface area contributed by atoms with Crippen molar-refractivity contribution in [2.45, 2.75) is 6.10 Å². The van der Waals surface area contributed by atoms with Gasteiger partial charge in [0.05, 0.1) is 10.6 Å². The smallest absolute Gasteiger partial charge is 0.132 e. The molecule has 94 valence electrons. The van der Waals surface area contributed by atoms with E-state index < -0.39 is 17.7 Å². The Morgan fingerprint density at radius 3 is 2.28 bits per heavy atom. The van der Waals surface area contributed by atoms with Crippen LogP contribution in [0.5, 0.6) is 0 Å². The van der Waals surface area contributed by atoms with Crippen LogP contribution in [0.3, 0.4) is 0 Å². The van der Waals surface area contributed by atoms with Gasteiger partial charge in [0.25, 0.3) is 0 Å². The normalized spacial score (nSPS) is 12.5. The number of halogens is 4. The molecule has 1 N–H and O–H groups in total. The Labute approximate surface area is 116 Å². The fourth-order valence-electron chi connectivity index (χ4n) is 1.62. The topological polar surface area (TPSA) is 20.2 Å². The molecule has 0 aromatic heterocycles. The molecule has 1 unspecified atom stereocenters. The van der Waals surface area contributed by atoms with Gasteiger partial charge in [0.1, 0.15) is 17.7 Å². The van der Waals surface area contributed by atoms with Crippen LogP contribution in [0.2, 0.25) is 5.02 Å². The van der Waals surface area contributed by atoms with Gasteiger partial charge in [0, 0.05) is 4.47 Å². The van der Waals surface area contributed by atoms with Crippen molar-refractivity contribution in [3.8, 4) is 0 Å². The number of rotatable bonds is 2. The minimum atomic E-state index is -1.38. The van der Waals surface area contributed by atoms with E-state index in [9.17, 15) is 13.9 Å². The minimum absolute atomic E-state index is 0.357. The summed E-state index contributed by atoms with van der Waals surface area (Å²) in [5.74, 6) is -1.57. The Kier molecular flexibility index (Phi) is 4.00. The highest BCUT2D eigenvalue weighted by Gasteiger charge is 2.19. The van der Waals surface area contributed by atoms with E-state index in [1.54, 1.807) is 6.07 Å². The number of aliphatic hydroxyl groups excluding tert-OH is 1. The molecule has 0 bridgehead atoms. The molecule has 0 spiro atoms. The summed E-state index contributed by atoms with van der Waals surface area (Å²) in [4.78, 5) is 0. The standard InChI is InChI=1S/C13H8BrClF2O/c14-8-6-7(4-5-9(8)15)13(18)12-10(16)2-1-3-11(12)17/h1-6,13,18H. The molecule has 1 nitrogen and oxygen atoms in total. The Hall–Kier alpha value is -0.970. The maximum Gasteiger partial charge on any atom is 0.132 e. The second kappa shape index (κ2) is 5.34. The first-order valence-corrected chi connectivity index (χ1v) is 6.24. The number of hydrogen-bond acceptors (Lipinski definition) is 1. The second-order valence-electron chi connectivity index (χ2n) is 3.71. The Balaban J connectivity index is 2.48. The highest BCUT2D eigenvalue weighted by atomic mass is 79.9. The maximum atomic E-state index is 13.5. The molecule has 0 amide bonds. The molecule has 0 aliphatic rings. The van der Waals surface area contributed by atoms with Crippen molar-refractivity contribution >= 4 is 27.5 Å². The highest BCUT2D eigenvalue weighted by molar-refractivity contribution is 9.10. The van der Waals surface area contributed by atoms with Gasteiger partial charge in [0.15, 0.2) is 0 Å². The van der Waals surface area contributed by atoms with Crippen LogP contribution < -0.4 is 0 Å². The molecule has 1 atom stereocenters. The van der Waals surface area contributed by atoms with E-state index in [2.05, 4.69) is 15.9 Å². The van der Waals surface area contributed by atoms with Crippen molar-refractivity contribution in [2.24, 2.45) is 0 Å². The van der Waals surface area contributed by atoms with E-state index in [1.165, 1.54) is 18.2 Å². The molecule has 0 saturated heterocycles. The van der Waals surface area contributed by atoms with Crippen LogP contribution in [0, 0.1) is 11.6 Å². The van der Waals surface area contributed by atoms with E-state index in [4.69, 9.17) is 11.6 Å².